The van der Waals surface area contributed by atoms with Gasteiger partial charge in [-0.05, 0) is 25.0 Å². The summed E-state index contributed by atoms with van der Waals surface area (Å²) in [6, 6.07) is 7.26. The van der Waals surface area contributed by atoms with Gasteiger partial charge in [0, 0.05) is 6.42 Å². The number of carbonyl (C=O) groups is 2. The Morgan fingerprint density at radius 2 is 2.05 bits per heavy atom. The standard InChI is InChI=1S/C16H20N2O3S/c1-4-8-14(19)17-16-18(11(5-2)15(20)21-3)12-9-6-7-10-13(12)22-16/h6-7,9-11H,4-5,8H2,1-3H3/b17-16-. The molecule has 1 heterocycles. The molecule has 1 aromatic heterocycles. The van der Waals surface area contributed by atoms with Gasteiger partial charge in [-0.3, -0.25) is 4.79 Å². The van der Waals surface area contributed by atoms with Crippen molar-refractivity contribution in [3.8, 4) is 0 Å². The first-order valence-electron chi connectivity index (χ1n) is 7.37. The van der Waals surface area contributed by atoms with E-state index in [2.05, 4.69) is 4.99 Å². The maximum atomic E-state index is 12.1. The van der Waals surface area contributed by atoms with Gasteiger partial charge in [0.15, 0.2) is 4.80 Å². The van der Waals surface area contributed by atoms with E-state index in [9.17, 15) is 9.59 Å². The number of benzene rings is 1. The van der Waals surface area contributed by atoms with Crippen LogP contribution in [0.25, 0.3) is 10.2 Å². The fourth-order valence-corrected chi connectivity index (χ4v) is 3.42. The third kappa shape index (κ3) is 3.27. The second-order valence-corrected chi connectivity index (χ2v) is 5.93. The zero-order valence-electron chi connectivity index (χ0n) is 13.0. The SMILES string of the molecule is CCCC(=O)/N=c1\sc2ccccc2n1C(CC)C(=O)OC. The van der Waals surface area contributed by atoms with Crippen molar-refractivity contribution < 1.29 is 14.3 Å². The highest BCUT2D eigenvalue weighted by atomic mass is 32.1. The zero-order chi connectivity index (χ0) is 16.1. The van der Waals surface area contributed by atoms with E-state index < -0.39 is 6.04 Å². The Balaban J connectivity index is 2.68. The Hall–Kier alpha value is -1.95. The summed E-state index contributed by atoms with van der Waals surface area (Å²) in [5, 5.41) is 0. The van der Waals surface area contributed by atoms with E-state index in [0.29, 0.717) is 17.6 Å². The summed E-state index contributed by atoms with van der Waals surface area (Å²) in [4.78, 5) is 28.7. The Labute approximate surface area is 133 Å². The number of rotatable bonds is 5. The molecule has 0 bridgehead atoms. The molecule has 0 saturated heterocycles. The van der Waals surface area contributed by atoms with Crippen molar-refractivity contribution in [3.63, 3.8) is 0 Å². The summed E-state index contributed by atoms with van der Waals surface area (Å²) >= 11 is 1.42. The molecular weight excluding hydrogens is 300 g/mol. The van der Waals surface area contributed by atoms with Crippen molar-refractivity contribution in [3.05, 3.63) is 29.1 Å². The van der Waals surface area contributed by atoms with Gasteiger partial charge >= 0.3 is 5.97 Å². The topological polar surface area (TPSA) is 60.7 Å². The minimum absolute atomic E-state index is 0.164. The number of hydrogen-bond donors (Lipinski definition) is 0. The normalized spacial score (nSPS) is 13.3. The second kappa shape index (κ2) is 7.35. The number of aromatic nitrogens is 1. The summed E-state index contributed by atoms with van der Waals surface area (Å²) < 4.78 is 7.71. The van der Waals surface area contributed by atoms with Gasteiger partial charge in [-0.1, -0.05) is 37.3 Å². The summed E-state index contributed by atoms with van der Waals surface area (Å²) in [7, 11) is 1.37. The minimum atomic E-state index is -0.477. The Bertz CT molecular complexity index is 745. The molecule has 0 radical (unpaired) electrons. The Morgan fingerprint density at radius 3 is 2.68 bits per heavy atom. The number of amides is 1. The summed E-state index contributed by atoms with van der Waals surface area (Å²) in [6.07, 6.45) is 1.73. The van der Waals surface area contributed by atoms with Crippen LogP contribution in [0.1, 0.15) is 39.2 Å². The van der Waals surface area contributed by atoms with Crippen LogP contribution < -0.4 is 4.80 Å². The number of esters is 1. The lowest BCUT2D eigenvalue weighted by Crippen LogP contribution is -2.28. The van der Waals surface area contributed by atoms with Crippen LogP contribution >= 0.6 is 11.3 Å². The van der Waals surface area contributed by atoms with Crippen LogP contribution in [0.2, 0.25) is 0 Å². The summed E-state index contributed by atoms with van der Waals surface area (Å²) in [5.74, 6) is -0.488. The minimum Gasteiger partial charge on any atom is -0.467 e. The highest BCUT2D eigenvalue weighted by Crippen LogP contribution is 2.23. The molecule has 2 rings (SSSR count). The number of thiazole rings is 1. The van der Waals surface area contributed by atoms with E-state index in [1.54, 1.807) is 0 Å². The van der Waals surface area contributed by atoms with Crippen LogP contribution in [-0.2, 0) is 14.3 Å². The maximum Gasteiger partial charge on any atom is 0.328 e. The van der Waals surface area contributed by atoms with Crippen molar-refractivity contribution in [2.24, 2.45) is 4.99 Å². The smallest absolute Gasteiger partial charge is 0.328 e. The molecular formula is C16H20N2O3S. The van der Waals surface area contributed by atoms with Crippen molar-refractivity contribution in [1.82, 2.24) is 4.57 Å². The van der Waals surface area contributed by atoms with E-state index in [4.69, 9.17) is 4.74 Å². The second-order valence-electron chi connectivity index (χ2n) is 4.93. The van der Waals surface area contributed by atoms with Crippen LogP contribution in [-0.4, -0.2) is 23.6 Å². The molecule has 5 nitrogen and oxygen atoms in total. The van der Waals surface area contributed by atoms with Gasteiger partial charge in [-0.2, -0.15) is 4.99 Å². The number of carbonyl (C=O) groups excluding carboxylic acids is 2. The monoisotopic (exact) mass is 320 g/mol. The van der Waals surface area contributed by atoms with E-state index in [-0.39, 0.29) is 11.9 Å². The maximum absolute atomic E-state index is 12.1. The Morgan fingerprint density at radius 1 is 1.32 bits per heavy atom. The van der Waals surface area contributed by atoms with Crippen LogP contribution in [0.3, 0.4) is 0 Å². The van der Waals surface area contributed by atoms with E-state index in [0.717, 1.165) is 16.6 Å². The van der Waals surface area contributed by atoms with E-state index in [1.807, 2.05) is 42.7 Å². The molecule has 0 aliphatic heterocycles. The van der Waals surface area contributed by atoms with Crippen LogP contribution in [0.4, 0.5) is 0 Å². The molecule has 6 heteroatoms. The van der Waals surface area contributed by atoms with Gasteiger partial charge in [0.1, 0.15) is 6.04 Å². The largest absolute Gasteiger partial charge is 0.467 e. The molecule has 0 aliphatic carbocycles. The highest BCUT2D eigenvalue weighted by molar-refractivity contribution is 7.16. The van der Waals surface area contributed by atoms with Crippen LogP contribution in [0.15, 0.2) is 29.3 Å². The molecule has 0 fully saturated rings. The predicted molar refractivity (Wildman–Crippen MR) is 86.6 cm³/mol. The van der Waals surface area contributed by atoms with Gasteiger partial charge in [0.25, 0.3) is 0 Å². The fraction of sp³-hybridized carbons (Fsp3) is 0.438. The van der Waals surface area contributed by atoms with Gasteiger partial charge < -0.3 is 9.30 Å². The molecule has 0 aliphatic rings. The predicted octanol–water partition coefficient (Wildman–Crippen LogP) is 3.05. The molecule has 0 N–H and O–H groups in total. The molecule has 1 aromatic carbocycles. The van der Waals surface area contributed by atoms with Gasteiger partial charge in [-0.15, -0.1) is 0 Å². The number of para-hydroxylation sites is 1. The molecule has 2 aromatic rings. The van der Waals surface area contributed by atoms with Gasteiger partial charge in [0.2, 0.25) is 5.91 Å². The molecule has 22 heavy (non-hydrogen) atoms. The lowest BCUT2D eigenvalue weighted by molar-refractivity contribution is -0.144. The zero-order valence-corrected chi connectivity index (χ0v) is 13.9. The quantitative estimate of drug-likeness (QED) is 0.796. The summed E-state index contributed by atoms with van der Waals surface area (Å²) in [5.41, 5.74) is 0.896. The third-order valence-electron chi connectivity index (χ3n) is 3.39. The average molecular weight is 320 g/mol. The molecule has 1 atom stereocenters. The first-order chi connectivity index (χ1) is 10.6. The van der Waals surface area contributed by atoms with E-state index in [1.165, 1.54) is 18.4 Å². The number of methoxy groups -OCH3 is 1. The number of hydrogen-bond acceptors (Lipinski definition) is 4. The van der Waals surface area contributed by atoms with Crippen molar-refractivity contribution in [2.75, 3.05) is 7.11 Å². The molecule has 0 saturated carbocycles. The van der Waals surface area contributed by atoms with Gasteiger partial charge in [0.05, 0.1) is 17.3 Å². The molecule has 1 amide bonds. The number of fused-ring (bicyclic) bond motifs is 1. The molecule has 118 valence electrons. The first kappa shape index (κ1) is 16.4. The number of ether oxygens (including phenoxy) is 1. The lowest BCUT2D eigenvalue weighted by atomic mass is 10.2. The lowest BCUT2D eigenvalue weighted by Gasteiger charge is -2.15. The van der Waals surface area contributed by atoms with Gasteiger partial charge in [-0.25, -0.2) is 4.79 Å². The van der Waals surface area contributed by atoms with Crippen molar-refractivity contribution in [2.45, 2.75) is 39.2 Å². The first-order valence-corrected chi connectivity index (χ1v) is 8.19. The Kier molecular flexibility index (Phi) is 5.49. The van der Waals surface area contributed by atoms with E-state index >= 15 is 0 Å². The molecule has 1 unspecified atom stereocenters. The van der Waals surface area contributed by atoms with Crippen LogP contribution in [0, 0.1) is 0 Å². The number of nitrogens with zero attached hydrogens (tertiary/aromatic N) is 2. The third-order valence-corrected chi connectivity index (χ3v) is 4.42. The average Bonchev–Trinajstić information content (AvgIpc) is 2.86. The highest BCUT2D eigenvalue weighted by Gasteiger charge is 2.23. The van der Waals surface area contributed by atoms with Crippen molar-refractivity contribution >= 4 is 33.4 Å². The molecule has 0 spiro atoms. The van der Waals surface area contributed by atoms with Crippen LogP contribution in [0.5, 0.6) is 0 Å². The summed E-state index contributed by atoms with van der Waals surface area (Å²) in [6.45, 7) is 3.86. The van der Waals surface area contributed by atoms with Crippen molar-refractivity contribution in [1.29, 1.82) is 0 Å². The fourth-order valence-electron chi connectivity index (χ4n) is 2.34.